The normalized spacial score (nSPS) is 11.4. The van der Waals surface area contributed by atoms with Gasteiger partial charge in [-0.05, 0) is 70.1 Å². The summed E-state index contributed by atoms with van der Waals surface area (Å²) >= 11 is 1.33. The van der Waals surface area contributed by atoms with Crippen LogP contribution in [0, 0.1) is 0 Å². The summed E-state index contributed by atoms with van der Waals surface area (Å²) < 4.78 is -0.0739. The molecule has 2 amide bonds. The fourth-order valence-electron chi connectivity index (χ4n) is 2.93. The molecule has 0 radical (unpaired) electrons. The second kappa shape index (κ2) is 9.96. The van der Waals surface area contributed by atoms with Crippen LogP contribution in [0.2, 0.25) is 0 Å². The summed E-state index contributed by atoms with van der Waals surface area (Å²) in [5, 5.41) is 6.20. The second-order valence-corrected chi connectivity index (χ2v) is 10.5. The van der Waals surface area contributed by atoms with Gasteiger partial charge in [0.1, 0.15) is 16.8 Å². The third-order valence-corrected chi connectivity index (χ3v) is 5.71. The van der Waals surface area contributed by atoms with Crippen LogP contribution in [0.1, 0.15) is 46.7 Å². The van der Waals surface area contributed by atoms with Crippen LogP contribution in [-0.4, -0.2) is 41.9 Å². The molecule has 0 saturated carbocycles. The van der Waals surface area contributed by atoms with Gasteiger partial charge in [0, 0.05) is 38.0 Å². The van der Waals surface area contributed by atoms with Gasteiger partial charge in [0.05, 0.1) is 0 Å². The van der Waals surface area contributed by atoms with Crippen molar-refractivity contribution < 1.29 is 4.79 Å². The van der Waals surface area contributed by atoms with Crippen LogP contribution in [0.4, 0.5) is 16.3 Å². The molecular weight excluding hydrogens is 382 g/mol. The number of urea groups is 1. The van der Waals surface area contributed by atoms with Gasteiger partial charge in [-0.2, -0.15) is 0 Å². The predicted molar refractivity (Wildman–Crippen MR) is 126 cm³/mol. The number of anilines is 2. The van der Waals surface area contributed by atoms with Gasteiger partial charge in [-0.1, -0.05) is 6.92 Å². The van der Waals surface area contributed by atoms with E-state index in [0.29, 0.717) is 17.6 Å². The molecule has 1 aromatic heterocycles. The molecule has 0 aliphatic heterocycles. The number of rotatable bonds is 8. The zero-order chi connectivity index (χ0) is 21.6. The zero-order valence-electron chi connectivity index (χ0n) is 18.6. The molecule has 1 aromatic carbocycles. The Bertz CT molecular complexity index is 818. The molecule has 0 unspecified atom stereocenters. The Hall–Kier alpha value is -2.28. The first-order valence-corrected chi connectivity index (χ1v) is 11.0. The highest BCUT2D eigenvalue weighted by Gasteiger charge is 2.33. The Kier molecular flexibility index (Phi) is 7.90. The Morgan fingerprint density at radius 3 is 2.38 bits per heavy atom. The number of benzene rings is 1. The summed E-state index contributed by atoms with van der Waals surface area (Å²) in [7, 11) is 3.98. The fourth-order valence-corrected chi connectivity index (χ4v) is 4.47. The van der Waals surface area contributed by atoms with E-state index in [1.807, 2.05) is 50.2 Å². The molecule has 0 aliphatic carbocycles. The number of hydrogen-bond donors (Lipinski definition) is 2. The van der Waals surface area contributed by atoms with Crippen molar-refractivity contribution in [2.45, 2.75) is 51.0 Å². The molecule has 2 rings (SSSR count). The first-order valence-electron chi connectivity index (χ1n) is 10.1. The third-order valence-electron chi connectivity index (χ3n) is 4.32. The molecule has 6 nitrogen and oxygen atoms in total. The Morgan fingerprint density at radius 1 is 1.17 bits per heavy atom. The van der Waals surface area contributed by atoms with Gasteiger partial charge < -0.3 is 15.5 Å². The molecule has 0 aliphatic rings. The van der Waals surface area contributed by atoms with E-state index in [-0.39, 0.29) is 10.8 Å². The van der Waals surface area contributed by atoms with E-state index >= 15 is 0 Å². The standard InChI is InChI=1S/C22H33N5OS/c1-8-13-23-21(28)24-17-11-9-16(10-12-17)20-25-18(14-19(26-20)27(6)7)22(4,5)29-15(2)3/h9-12,14-15H,8,13H2,1-7H3,(H2,23,24,28)/p+1. The smallest absolute Gasteiger partial charge is 0.319 e. The van der Waals surface area contributed by atoms with Crippen LogP contribution in [0.25, 0.3) is 11.4 Å². The molecule has 2 N–H and O–H groups in total. The highest BCUT2D eigenvalue weighted by molar-refractivity contribution is 7.80. The summed E-state index contributed by atoms with van der Waals surface area (Å²) in [6.45, 7) is 11.6. The number of aromatic nitrogens is 2. The van der Waals surface area contributed by atoms with Crippen molar-refractivity contribution in [1.82, 2.24) is 15.3 Å². The van der Waals surface area contributed by atoms with Gasteiger partial charge >= 0.3 is 6.03 Å². The number of thiol groups is 1. The fraction of sp³-hybridized carbons (Fsp3) is 0.500. The van der Waals surface area contributed by atoms with E-state index in [9.17, 15) is 4.79 Å². The van der Waals surface area contributed by atoms with Gasteiger partial charge in [-0.25, -0.2) is 14.8 Å². The molecule has 0 atom stereocenters. The van der Waals surface area contributed by atoms with Crippen LogP contribution in [0.5, 0.6) is 0 Å². The van der Waals surface area contributed by atoms with Gasteiger partial charge in [0.15, 0.2) is 10.6 Å². The number of hydrogen-bond acceptors (Lipinski definition) is 4. The molecule has 0 fully saturated rings. The van der Waals surface area contributed by atoms with Crippen LogP contribution in [-0.2, 0) is 16.5 Å². The summed E-state index contributed by atoms with van der Waals surface area (Å²) in [6.07, 6.45) is 0.904. The van der Waals surface area contributed by atoms with E-state index < -0.39 is 0 Å². The average Bonchev–Trinajstić information content (AvgIpc) is 2.65. The van der Waals surface area contributed by atoms with Gasteiger partial charge in [0.25, 0.3) is 0 Å². The lowest BCUT2D eigenvalue weighted by Crippen LogP contribution is -2.29. The molecule has 0 spiro atoms. The molecule has 0 saturated heterocycles. The summed E-state index contributed by atoms with van der Waals surface area (Å²) in [6, 6.07) is 9.53. The lowest BCUT2D eigenvalue weighted by atomic mass is 10.1. The highest BCUT2D eigenvalue weighted by Crippen LogP contribution is 2.30. The van der Waals surface area contributed by atoms with Crippen molar-refractivity contribution in [3.05, 3.63) is 36.0 Å². The monoisotopic (exact) mass is 416 g/mol. The van der Waals surface area contributed by atoms with Gasteiger partial charge in [-0.15, -0.1) is 0 Å². The minimum atomic E-state index is -0.192. The van der Waals surface area contributed by atoms with Crippen molar-refractivity contribution >= 4 is 29.3 Å². The van der Waals surface area contributed by atoms with Crippen molar-refractivity contribution in [3.63, 3.8) is 0 Å². The minimum absolute atomic E-state index is 0.0739. The topological polar surface area (TPSA) is 70.2 Å². The maximum Gasteiger partial charge on any atom is 0.319 e. The highest BCUT2D eigenvalue weighted by atomic mass is 32.2. The van der Waals surface area contributed by atoms with Crippen LogP contribution in [0.15, 0.2) is 30.3 Å². The largest absolute Gasteiger partial charge is 0.363 e. The van der Waals surface area contributed by atoms with Crippen LogP contribution < -0.4 is 15.5 Å². The lowest BCUT2D eigenvalue weighted by molar-refractivity contribution is 0.252. The first-order chi connectivity index (χ1) is 13.6. The molecule has 29 heavy (non-hydrogen) atoms. The SMILES string of the molecule is CCCNC(=O)Nc1ccc(-c2nc(N(C)C)cc(C(C)(C)[SH+]C(C)C)n2)cc1. The zero-order valence-corrected chi connectivity index (χ0v) is 19.5. The second-order valence-electron chi connectivity index (χ2n) is 8.07. The molecule has 0 bridgehead atoms. The first kappa shape index (κ1) is 23.0. The number of amides is 2. The maximum atomic E-state index is 11.8. The molecule has 7 heteroatoms. The summed E-state index contributed by atoms with van der Waals surface area (Å²) in [4.78, 5) is 23.5. The van der Waals surface area contributed by atoms with Crippen LogP contribution in [0.3, 0.4) is 0 Å². The number of nitrogens with zero attached hydrogens (tertiary/aromatic N) is 3. The van der Waals surface area contributed by atoms with Crippen molar-refractivity contribution in [3.8, 4) is 11.4 Å². The van der Waals surface area contributed by atoms with Crippen molar-refractivity contribution in [1.29, 1.82) is 0 Å². The number of nitrogens with one attached hydrogen (secondary N) is 2. The minimum Gasteiger partial charge on any atom is -0.363 e. The molecule has 1 heterocycles. The Balaban J connectivity index is 2.32. The van der Waals surface area contributed by atoms with E-state index in [4.69, 9.17) is 9.97 Å². The van der Waals surface area contributed by atoms with Crippen LogP contribution >= 0.6 is 0 Å². The van der Waals surface area contributed by atoms with Gasteiger partial charge in [0.2, 0.25) is 0 Å². The van der Waals surface area contributed by atoms with E-state index in [1.54, 1.807) is 0 Å². The molecule has 2 aromatic rings. The maximum absolute atomic E-state index is 11.8. The van der Waals surface area contributed by atoms with E-state index in [2.05, 4.69) is 44.4 Å². The van der Waals surface area contributed by atoms with Crippen molar-refractivity contribution in [2.75, 3.05) is 30.9 Å². The Morgan fingerprint density at radius 2 is 1.83 bits per heavy atom. The van der Waals surface area contributed by atoms with Crippen molar-refractivity contribution in [2.24, 2.45) is 0 Å². The lowest BCUT2D eigenvalue weighted by Gasteiger charge is -2.21. The summed E-state index contributed by atoms with van der Waals surface area (Å²) in [5.41, 5.74) is 2.69. The van der Waals surface area contributed by atoms with E-state index in [0.717, 1.165) is 29.2 Å². The quantitative estimate of drug-likeness (QED) is 0.500. The van der Waals surface area contributed by atoms with Gasteiger partial charge in [-0.3, -0.25) is 0 Å². The number of carbonyl (C=O) groups is 1. The Labute approximate surface area is 178 Å². The summed E-state index contributed by atoms with van der Waals surface area (Å²) in [5.74, 6) is 1.58. The van der Waals surface area contributed by atoms with E-state index in [1.165, 1.54) is 11.8 Å². The third kappa shape index (κ3) is 6.63. The number of carbonyl (C=O) groups excluding carboxylic acids is 1. The molecule has 158 valence electrons. The average molecular weight is 417 g/mol. The molecular formula is C22H34N5OS+. The predicted octanol–water partition coefficient (Wildman–Crippen LogP) is 4.20.